The third kappa shape index (κ3) is 4.57. The lowest BCUT2D eigenvalue weighted by atomic mass is 10.1. The van der Waals surface area contributed by atoms with Crippen molar-refractivity contribution in [1.82, 2.24) is 5.32 Å². The molecule has 0 aliphatic rings. The average molecular weight is 286 g/mol. The minimum Gasteiger partial charge on any atom is -0.370 e. The summed E-state index contributed by atoms with van der Waals surface area (Å²) < 4.78 is 13.7. The van der Waals surface area contributed by atoms with Gasteiger partial charge in [0.15, 0.2) is 0 Å². The summed E-state index contributed by atoms with van der Waals surface area (Å²) in [4.78, 5) is 2.06. The number of hydrogen-bond acceptors (Lipinski definition) is 2. The lowest BCUT2D eigenvalue weighted by Gasteiger charge is -2.20. The maximum atomic E-state index is 13.7. The van der Waals surface area contributed by atoms with Gasteiger partial charge in [0.05, 0.1) is 0 Å². The predicted octanol–water partition coefficient (Wildman–Crippen LogP) is 3.96. The molecule has 0 fully saturated rings. The summed E-state index contributed by atoms with van der Waals surface area (Å²) in [6.07, 6.45) is 1.14. The fraction of sp³-hybridized carbons (Fsp3) is 0.333. The highest BCUT2D eigenvalue weighted by Gasteiger charge is 2.06. The van der Waals surface area contributed by atoms with E-state index in [0.29, 0.717) is 12.1 Å². The first-order chi connectivity index (χ1) is 10.2. The van der Waals surface area contributed by atoms with Gasteiger partial charge >= 0.3 is 0 Å². The SMILES string of the molecule is CCCNCc1ccc(N(C)Cc2ccccc2F)cc1. The number of benzene rings is 2. The number of nitrogens with one attached hydrogen (secondary N) is 1. The van der Waals surface area contributed by atoms with Crippen LogP contribution >= 0.6 is 0 Å². The second-order valence-corrected chi connectivity index (χ2v) is 5.29. The van der Waals surface area contributed by atoms with E-state index in [1.54, 1.807) is 6.07 Å². The first-order valence-electron chi connectivity index (χ1n) is 7.45. The molecular weight excluding hydrogens is 263 g/mol. The highest BCUT2D eigenvalue weighted by Crippen LogP contribution is 2.17. The van der Waals surface area contributed by atoms with Crippen LogP contribution in [0.15, 0.2) is 48.5 Å². The van der Waals surface area contributed by atoms with E-state index in [1.165, 1.54) is 11.6 Å². The second kappa shape index (κ2) is 7.79. The Kier molecular flexibility index (Phi) is 5.76. The van der Waals surface area contributed by atoms with Gasteiger partial charge in [-0.3, -0.25) is 0 Å². The number of nitrogens with zero attached hydrogens (tertiary/aromatic N) is 1. The molecule has 21 heavy (non-hydrogen) atoms. The Balaban J connectivity index is 1.96. The minimum absolute atomic E-state index is 0.148. The van der Waals surface area contributed by atoms with Gasteiger partial charge in [0.2, 0.25) is 0 Å². The van der Waals surface area contributed by atoms with Crippen LogP contribution in [0.3, 0.4) is 0 Å². The quantitative estimate of drug-likeness (QED) is 0.775. The van der Waals surface area contributed by atoms with Crippen LogP contribution in [-0.2, 0) is 13.1 Å². The molecule has 2 aromatic rings. The molecule has 0 unspecified atom stereocenters. The van der Waals surface area contributed by atoms with Crippen LogP contribution in [0.25, 0.3) is 0 Å². The first-order valence-corrected chi connectivity index (χ1v) is 7.45. The summed E-state index contributed by atoms with van der Waals surface area (Å²) in [5.74, 6) is -0.148. The molecule has 0 spiro atoms. The van der Waals surface area contributed by atoms with Crippen molar-refractivity contribution in [3.05, 3.63) is 65.5 Å². The third-order valence-electron chi connectivity index (χ3n) is 3.50. The molecule has 2 aromatic carbocycles. The third-order valence-corrected chi connectivity index (χ3v) is 3.50. The van der Waals surface area contributed by atoms with Gasteiger partial charge in [0, 0.05) is 31.4 Å². The van der Waals surface area contributed by atoms with E-state index in [4.69, 9.17) is 0 Å². The van der Waals surface area contributed by atoms with E-state index in [2.05, 4.69) is 41.4 Å². The number of halogens is 1. The molecule has 1 N–H and O–H groups in total. The Morgan fingerprint density at radius 1 is 1.05 bits per heavy atom. The van der Waals surface area contributed by atoms with Gasteiger partial charge in [-0.2, -0.15) is 0 Å². The molecule has 0 aliphatic carbocycles. The largest absolute Gasteiger partial charge is 0.370 e. The topological polar surface area (TPSA) is 15.3 Å². The van der Waals surface area contributed by atoms with E-state index < -0.39 is 0 Å². The van der Waals surface area contributed by atoms with Gasteiger partial charge in [-0.15, -0.1) is 0 Å². The molecule has 2 nitrogen and oxygen atoms in total. The zero-order valence-corrected chi connectivity index (χ0v) is 12.8. The zero-order chi connectivity index (χ0) is 15.1. The monoisotopic (exact) mass is 286 g/mol. The van der Waals surface area contributed by atoms with Gasteiger partial charge in [0.25, 0.3) is 0 Å². The average Bonchev–Trinajstić information content (AvgIpc) is 2.50. The predicted molar refractivity (Wildman–Crippen MR) is 86.9 cm³/mol. The van der Waals surface area contributed by atoms with Crippen LogP contribution in [0, 0.1) is 5.82 Å². The van der Waals surface area contributed by atoms with Crippen molar-refractivity contribution in [3.8, 4) is 0 Å². The zero-order valence-electron chi connectivity index (χ0n) is 12.8. The van der Waals surface area contributed by atoms with Gasteiger partial charge in [0.1, 0.15) is 5.82 Å². The Labute approximate surface area is 126 Å². The van der Waals surface area contributed by atoms with Crippen molar-refractivity contribution < 1.29 is 4.39 Å². The summed E-state index contributed by atoms with van der Waals surface area (Å²) in [6.45, 7) is 4.66. The molecule has 0 heterocycles. The Bertz CT molecular complexity index is 551. The standard InChI is InChI=1S/C18H23FN2/c1-3-12-20-13-15-8-10-17(11-9-15)21(2)14-16-6-4-5-7-18(16)19/h4-11,20H,3,12-14H2,1-2H3. The first kappa shape index (κ1) is 15.5. The van der Waals surface area contributed by atoms with Gasteiger partial charge in [-0.1, -0.05) is 37.3 Å². The number of rotatable bonds is 7. The molecule has 0 atom stereocenters. The molecule has 3 heteroatoms. The number of anilines is 1. The van der Waals surface area contributed by atoms with Gasteiger partial charge < -0.3 is 10.2 Å². The summed E-state index contributed by atoms with van der Waals surface area (Å²) in [5, 5.41) is 3.38. The molecule has 0 bridgehead atoms. The van der Waals surface area contributed by atoms with Crippen LogP contribution in [0.4, 0.5) is 10.1 Å². The smallest absolute Gasteiger partial charge is 0.128 e. The summed E-state index contributed by atoms with van der Waals surface area (Å²) >= 11 is 0. The van der Waals surface area contributed by atoms with E-state index in [0.717, 1.165) is 25.2 Å². The lowest BCUT2D eigenvalue weighted by Crippen LogP contribution is -2.17. The van der Waals surface area contributed by atoms with E-state index in [-0.39, 0.29) is 5.82 Å². The molecule has 0 radical (unpaired) electrons. The molecule has 0 amide bonds. The Morgan fingerprint density at radius 3 is 2.43 bits per heavy atom. The van der Waals surface area contributed by atoms with E-state index in [1.807, 2.05) is 19.2 Å². The van der Waals surface area contributed by atoms with Crippen LogP contribution in [-0.4, -0.2) is 13.6 Å². The molecular formula is C18H23FN2. The van der Waals surface area contributed by atoms with Crippen LogP contribution in [0.5, 0.6) is 0 Å². The Hall–Kier alpha value is -1.87. The van der Waals surface area contributed by atoms with Crippen LogP contribution in [0.2, 0.25) is 0 Å². The molecule has 112 valence electrons. The highest BCUT2D eigenvalue weighted by atomic mass is 19.1. The van der Waals surface area contributed by atoms with Gasteiger partial charge in [-0.05, 0) is 36.7 Å². The van der Waals surface area contributed by atoms with Crippen molar-refractivity contribution in [2.45, 2.75) is 26.4 Å². The van der Waals surface area contributed by atoms with Crippen molar-refractivity contribution in [2.24, 2.45) is 0 Å². The summed E-state index contributed by atoms with van der Waals surface area (Å²) in [7, 11) is 1.98. The van der Waals surface area contributed by atoms with E-state index >= 15 is 0 Å². The second-order valence-electron chi connectivity index (χ2n) is 5.29. The molecule has 0 aromatic heterocycles. The van der Waals surface area contributed by atoms with Crippen molar-refractivity contribution >= 4 is 5.69 Å². The van der Waals surface area contributed by atoms with E-state index in [9.17, 15) is 4.39 Å². The fourth-order valence-electron chi connectivity index (χ4n) is 2.25. The van der Waals surface area contributed by atoms with Crippen LogP contribution in [0.1, 0.15) is 24.5 Å². The Morgan fingerprint density at radius 2 is 1.76 bits per heavy atom. The summed E-state index contributed by atoms with van der Waals surface area (Å²) in [5.41, 5.74) is 3.08. The maximum Gasteiger partial charge on any atom is 0.128 e. The van der Waals surface area contributed by atoms with Crippen molar-refractivity contribution in [2.75, 3.05) is 18.5 Å². The summed E-state index contributed by atoms with van der Waals surface area (Å²) in [6, 6.07) is 15.3. The van der Waals surface area contributed by atoms with Crippen LogP contribution < -0.4 is 10.2 Å². The molecule has 2 rings (SSSR count). The van der Waals surface area contributed by atoms with Crippen molar-refractivity contribution in [3.63, 3.8) is 0 Å². The van der Waals surface area contributed by atoms with Gasteiger partial charge in [-0.25, -0.2) is 4.39 Å². The van der Waals surface area contributed by atoms with Crippen molar-refractivity contribution in [1.29, 1.82) is 0 Å². The fourth-order valence-corrected chi connectivity index (χ4v) is 2.25. The normalized spacial score (nSPS) is 10.6. The lowest BCUT2D eigenvalue weighted by molar-refractivity contribution is 0.608. The molecule has 0 aliphatic heterocycles. The number of hydrogen-bond donors (Lipinski definition) is 1. The maximum absolute atomic E-state index is 13.7. The minimum atomic E-state index is -0.148. The molecule has 0 saturated carbocycles. The highest BCUT2D eigenvalue weighted by molar-refractivity contribution is 5.47. The molecule has 0 saturated heterocycles.